The molecule has 0 saturated carbocycles. The van der Waals surface area contributed by atoms with Crippen molar-refractivity contribution in [1.29, 1.82) is 0 Å². The summed E-state index contributed by atoms with van der Waals surface area (Å²) in [5, 5.41) is 8.31. The molecule has 1 aliphatic rings. The minimum Gasteiger partial charge on any atom is -0.439 e. The lowest BCUT2D eigenvalue weighted by atomic mass is 10.1. The third-order valence-electron chi connectivity index (χ3n) is 4.57. The number of halogens is 1. The van der Waals surface area contributed by atoms with E-state index >= 15 is 0 Å². The first-order valence-electron chi connectivity index (χ1n) is 9.69. The Labute approximate surface area is 178 Å². The van der Waals surface area contributed by atoms with Gasteiger partial charge in [0.15, 0.2) is 0 Å². The van der Waals surface area contributed by atoms with Crippen LogP contribution in [-0.4, -0.2) is 27.5 Å². The largest absolute Gasteiger partial charge is 0.439 e. The monoisotopic (exact) mass is 418 g/mol. The predicted octanol–water partition coefficient (Wildman–Crippen LogP) is 4.13. The maximum absolute atomic E-state index is 13.0. The first-order chi connectivity index (χ1) is 15.1. The maximum Gasteiger partial charge on any atom is 0.271 e. The molecule has 31 heavy (non-hydrogen) atoms. The van der Waals surface area contributed by atoms with Gasteiger partial charge in [0.05, 0.1) is 18.4 Å². The highest BCUT2D eigenvalue weighted by Gasteiger charge is 2.24. The van der Waals surface area contributed by atoms with Gasteiger partial charge in [-0.3, -0.25) is 9.59 Å². The van der Waals surface area contributed by atoms with Gasteiger partial charge >= 0.3 is 0 Å². The molecule has 2 heterocycles. The highest BCUT2D eigenvalue weighted by molar-refractivity contribution is 6.43. The Bertz CT molecular complexity index is 1100. The predicted molar refractivity (Wildman–Crippen MR) is 113 cm³/mol. The number of pyridine rings is 1. The van der Waals surface area contributed by atoms with Gasteiger partial charge in [-0.1, -0.05) is 30.3 Å². The molecule has 2 amide bonds. The van der Waals surface area contributed by atoms with Crippen LogP contribution >= 0.6 is 0 Å². The zero-order chi connectivity index (χ0) is 21.6. The molecule has 1 aromatic heterocycles. The Hall–Kier alpha value is -4.07. The van der Waals surface area contributed by atoms with E-state index in [9.17, 15) is 14.0 Å². The topological polar surface area (TPSA) is 83.9 Å². The first kappa shape index (κ1) is 20.2. The van der Waals surface area contributed by atoms with Crippen molar-refractivity contribution in [1.82, 2.24) is 9.99 Å². The van der Waals surface area contributed by atoms with Crippen LogP contribution in [0, 0.1) is 5.82 Å². The summed E-state index contributed by atoms with van der Waals surface area (Å²) >= 11 is 0. The van der Waals surface area contributed by atoms with Crippen LogP contribution in [-0.2, 0) is 16.1 Å². The molecule has 8 heteroatoms. The second-order valence-corrected chi connectivity index (χ2v) is 6.88. The fourth-order valence-corrected chi connectivity index (χ4v) is 2.99. The summed E-state index contributed by atoms with van der Waals surface area (Å²) in [5.74, 6) is -0.110. The van der Waals surface area contributed by atoms with E-state index in [1.807, 2.05) is 30.3 Å². The minimum absolute atomic E-state index is 0.121. The van der Waals surface area contributed by atoms with Gasteiger partial charge in [0.2, 0.25) is 11.8 Å². The molecule has 1 aliphatic heterocycles. The number of aromatic nitrogens is 1. The van der Waals surface area contributed by atoms with Gasteiger partial charge in [-0.2, -0.15) is 5.10 Å². The number of hydrogen-bond donors (Lipinski definition) is 1. The molecule has 0 saturated heterocycles. The molecule has 0 atom stereocenters. The average Bonchev–Trinajstić information content (AvgIpc) is 2.79. The Kier molecular flexibility index (Phi) is 5.98. The number of carbonyl (C=O) groups is 2. The van der Waals surface area contributed by atoms with Crippen LogP contribution in [0.5, 0.6) is 11.6 Å². The number of hydrazone groups is 1. The number of nitrogens with zero attached hydrogens (tertiary/aromatic N) is 3. The van der Waals surface area contributed by atoms with Crippen molar-refractivity contribution in [2.45, 2.75) is 19.4 Å². The van der Waals surface area contributed by atoms with Gasteiger partial charge in [-0.25, -0.2) is 14.4 Å². The van der Waals surface area contributed by atoms with E-state index in [4.69, 9.17) is 4.74 Å². The highest BCUT2D eigenvalue weighted by Crippen LogP contribution is 2.21. The van der Waals surface area contributed by atoms with Crippen LogP contribution in [0.1, 0.15) is 18.4 Å². The fourth-order valence-electron chi connectivity index (χ4n) is 2.99. The molecule has 0 fully saturated rings. The van der Waals surface area contributed by atoms with E-state index in [2.05, 4.69) is 15.4 Å². The summed E-state index contributed by atoms with van der Waals surface area (Å²) in [6, 6.07) is 18.3. The van der Waals surface area contributed by atoms with E-state index in [0.29, 0.717) is 23.9 Å². The van der Waals surface area contributed by atoms with Gasteiger partial charge < -0.3 is 10.1 Å². The third-order valence-corrected chi connectivity index (χ3v) is 4.57. The zero-order valence-corrected chi connectivity index (χ0v) is 16.5. The second-order valence-electron chi connectivity index (χ2n) is 6.88. The van der Waals surface area contributed by atoms with Crippen LogP contribution in [0.25, 0.3) is 0 Å². The fraction of sp³-hybridized carbons (Fsp3) is 0.130. The molecule has 4 rings (SSSR count). The lowest BCUT2D eigenvalue weighted by molar-refractivity contribution is -0.132. The smallest absolute Gasteiger partial charge is 0.271 e. The second kappa shape index (κ2) is 9.17. The van der Waals surface area contributed by atoms with Crippen LogP contribution in [0.4, 0.5) is 10.1 Å². The van der Waals surface area contributed by atoms with Gasteiger partial charge in [-0.05, 0) is 35.9 Å². The molecule has 0 radical (unpaired) electrons. The number of hydrogen-bond acceptors (Lipinski definition) is 5. The van der Waals surface area contributed by atoms with E-state index < -0.39 is 0 Å². The van der Waals surface area contributed by atoms with Crippen molar-refractivity contribution in [3.05, 3.63) is 84.3 Å². The molecule has 7 nitrogen and oxygen atoms in total. The van der Waals surface area contributed by atoms with Gasteiger partial charge in [-0.15, -0.1) is 0 Å². The van der Waals surface area contributed by atoms with E-state index in [1.165, 1.54) is 35.5 Å². The van der Waals surface area contributed by atoms with Gasteiger partial charge in [0.25, 0.3) is 5.91 Å². The van der Waals surface area contributed by atoms with Crippen molar-refractivity contribution in [2.75, 3.05) is 5.32 Å². The molecular weight excluding hydrogens is 399 g/mol. The molecule has 1 N–H and O–H groups in total. The maximum atomic E-state index is 13.0. The van der Waals surface area contributed by atoms with Crippen molar-refractivity contribution in [2.24, 2.45) is 5.10 Å². The van der Waals surface area contributed by atoms with Crippen molar-refractivity contribution in [3.8, 4) is 11.6 Å². The van der Waals surface area contributed by atoms with Crippen LogP contribution < -0.4 is 10.1 Å². The summed E-state index contributed by atoms with van der Waals surface area (Å²) in [6.07, 6.45) is 1.95. The zero-order valence-electron chi connectivity index (χ0n) is 16.5. The molecule has 0 spiro atoms. The molecule has 0 unspecified atom stereocenters. The minimum atomic E-state index is -0.389. The van der Waals surface area contributed by atoms with Crippen LogP contribution in [0.2, 0.25) is 0 Å². The normalized spacial score (nSPS) is 13.5. The highest BCUT2D eigenvalue weighted by atomic mass is 19.1. The van der Waals surface area contributed by atoms with Gasteiger partial charge in [0, 0.05) is 18.9 Å². The summed E-state index contributed by atoms with van der Waals surface area (Å²) < 4.78 is 18.5. The molecule has 3 aromatic rings. The number of benzene rings is 2. The van der Waals surface area contributed by atoms with E-state index in [1.54, 1.807) is 12.1 Å². The average molecular weight is 418 g/mol. The number of anilines is 1. The van der Waals surface area contributed by atoms with Crippen molar-refractivity contribution < 1.29 is 18.7 Å². The summed E-state index contributed by atoms with van der Waals surface area (Å²) in [7, 11) is 0. The molecule has 0 bridgehead atoms. The first-order valence-corrected chi connectivity index (χ1v) is 9.69. The molecular formula is C23H19FN4O3. The third kappa shape index (κ3) is 5.30. The molecule has 156 valence electrons. The van der Waals surface area contributed by atoms with E-state index in [-0.39, 0.29) is 36.2 Å². The summed E-state index contributed by atoms with van der Waals surface area (Å²) in [6.45, 7) is 0.313. The molecule has 2 aromatic carbocycles. The van der Waals surface area contributed by atoms with Crippen LogP contribution in [0.3, 0.4) is 0 Å². The summed E-state index contributed by atoms with van der Waals surface area (Å²) in [5.41, 5.74) is 1.68. The standard InChI is InChI=1S/C23H19FN4O3/c24-17-6-9-19(10-7-17)31-21-12-8-18(14-25-21)26-23(30)20-11-13-22(29)28(27-20)15-16-4-2-1-3-5-16/h1-10,12,14H,11,13,15H2,(H,26,30). The number of amides is 2. The lowest BCUT2D eigenvalue weighted by Gasteiger charge is -2.23. The van der Waals surface area contributed by atoms with Crippen molar-refractivity contribution >= 4 is 23.2 Å². The number of rotatable bonds is 6. The van der Waals surface area contributed by atoms with Crippen LogP contribution in [0.15, 0.2) is 78.0 Å². The lowest BCUT2D eigenvalue weighted by Crippen LogP contribution is -2.36. The van der Waals surface area contributed by atoms with Crippen molar-refractivity contribution in [3.63, 3.8) is 0 Å². The Balaban J connectivity index is 1.39. The van der Waals surface area contributed by atoms with E-state index in [0.717, 1.165) is 5.56 Å². The number of nitrogens with one attached hydrogen (secondary N) is 1. The Morgan fingerprint density at radius 2 is 1.81 bits per heavy atom. The Morgan fingerprint density at radius 3 is 2.52 bits per heavy atom. The summed E-state index contributed by atoms with van der Waals surface area (Å²) in [4.78, 5) is 28.9. The number of ether oxygens (including phenoxy) is 1. The number of carbonyl (C=O) groups excluding carboxylic acids is 2. The van der Waals surface area contributed by atoms with Gasteiger partial charge in [0.1, 0.15) is 17.3 Å². The quantitative estimate of drug-likeness (QED) is 0.652. The Morgan fingerprint density at radius 1 is 1.03 bits per heavy atom. The molecule has 0 aliphatic carbocycles. The SMILES string of the molecule is O=C(Nc1ccc(Oc2ccc(F)cc2)nc1)C1=NN(Cc2ccccc2)C(=O)CC1.